The van der Waals surface area contributed by atoms with E-state index in [1.807, 2.05) is 12.1 Å². The number of hydrogen-bond donors (Lipinski definition) is 2. The summed E-state index contributed by atoms with van der Waals surface area (Å²) in [7, 11) is -4.36. The molecule has 1 aliphatic heterocycles. The minimum Gasteiger partial charge on any atom is -0.419 e. The van der Waals surface area contributed by atoms with E-state index >= 15 is 0 Å². The first kappa shape index (κ1) is 28.8. The summed E-state index contributed by atoms with van der Waals surface area (Å²) in [5.41, 5.74) is 3.12. The molecule has 1 fully saturated rings. The van der Waals surface area contributed by atoms with E-state index in [2.05, 4.69) is 53.7 Å². The fourth-order valence-electron chi connectivity index (χ4n) is 5.14. The number of pyridine rings is 1. The SMILES string of the molecule is Cc1ncc(-c2cc(-c3nnc(CN4CCN(C(C)C)CC4)o3)c3cn[nH]c3c2)cc1NS(=O)(=O)c1ccc(F)cc1F. The summed E-state index contributed by atoms with van der Waals surface area (Å²) < 4.78 is 62.0. The van der Waals surface area contributed by atoms with Gasteiger partial charge in [0.1, 0.15) is 16.5 Å². The van der Waals surface area contributed by atoms with Gasteiger partial charge in [0, 0.05) is 55.4 Å². The maximum atomic E-state index is 14.3. The molecule has 1 aliphatic rings. The molecule has 0 radical (unpaired) electrons. The third kappa shape index (κ3) is 5.98. The largest absolute Gasteiger partial charge is 0.419 e. The molecule has 4 heterocycles. The number of halogens is 2. The molecule has 224 valence electrons. The van der Waals surface area contributed by atoms with Crippen LogP contribution in [0.2, 0.25) is 0 Å². The summed E-state index contributed by atoms with van der Waals surface area (Å²) in [6.07, 6.45) is 3.27. The zero-order valence-electron chi connectivity index (χ0n) is 23.8. The molecule has 2 N–H and O–H groups in total. The lowest BCUT2D eigenvalue weighted by molar-refractivity contribution is 0.0979. The van der Waals surface area contributed by atoms with Crippen LogP contribution in [0.1, 0.15) is 25.4 Å². The van der Waals surface area contributed by atoms with Crippen molar-refractivity contribution >= 4 is 26.6 Å². The molecule has 0 bridgehead atoms. The molecule has 0 aliphatic carbocycles. The predicted octanol–water partition coefficient (Wildman–Crippen LogP) is 4.59. The molecule has 11 nitrogen and oxygen atoms in total. The predicted molar refractivity (Wildman–Crippen MR) is 157 cm³/mol. The number of nitrogens with zero attached hydrogens (tertiary/aromatic N) is 6. The van der Waals surface area contributed by atoms with Gasteiger partial charge < -0.3 is 4.42 Å². The standard InChI is InChI=1S/C29H30F2N8O3S/c1-17(2)39-8-6-38(7-9-39)16-28-35-36-29(42-28)22-10-19(11-26-23(22)15-33-34-26)20-12-25(18(3)32-14-20)37-43(40,41)27-5-4-21(30)13-24(27)31/h4-5,10-15,17,37H,6-9,16H2,1-3H3,(H,33,34). The number of aryl methyl sites for hydroxylation is 1. The summed E-state index contributed by atoms with van der Waals surface area (Å²) in [6.45, 7) is 10.4. The molecule has 0 saturated carbocycles. The maximum absolute atomic E-state index is 14.3. The second-order valence-corrected chi connectivity index (χ2v) is 12.4. The zero-order chi connectivity index (χ0) is 30.3. The van der Waals surface area contributed by atoms with Crippen LogP contribution in [0.5, 0.6) is 0 Å². The van der Waals surface area contributed by atoms with Gasteiger partial charge >= 0.3 is 0 Å². The highest BCUT2D eigenvalue weighted by molar-refractivity contribution is 7.92. The quantitative estimate of drug-likeness (QED) is 0.260. The average molecular weight is 609 g/mol. The zero-order valence-corrected chi connectivity index (χ0v) is 24.6. The van der Waals surface area contributed by atoms with E-state index in [9.17, 15) is 17.2 Å². The summed E-state index contributed by atoms with van der Waals surface area (Å²) in [4.78, 5) is 8.41. The van der Waals surface area contributed by atoms with Crippen LogP contribution < -0.4 is 4.72 Å². The van der Waals surface area contributed by atoms with E-state index in [1.165, 1.54) is 0 Å². The second kappa shape index (κ2) is 11.4. The maximum Gasteiger partial charge on any atom is 0.264 e. The lowest BCUT2D eigenvalue weighted by atomic mass is 10.0. The molecule has 0 amide bonds. The van der Waals surface area contributed by atoms with Gasteiger partial charge in [0.2, 0.25) is 11.8 Å². The third-order valence-corrected chi connectivity index (χ3v) is 9.00. The molecule has 14 heteroatoms. The van der Waals surface area contributed by atoms with Gasteiger partial charge in [-0.3, -0.25) is 24.6 Å². The van der Waals surface area contributed by atoms with Crippen molar-refractivity contribution in [1.82, 2.24) is 35.2 Å². The number of H-pyrrole nitrogens is 1. The van der Waals surface area contributed by atoms with E-state index in [0.717, 1.165) is 43.7 Å². The molecule has 5 aromatic rings. The Balaban J connectivity index is 1.29. The minimum absolute atomic E-state index is 0.144. The van der Waals surface area contributed by atoms with Gasteiger partial charge in [0.25, 0.3) is 10.0 Å². The number of aromatic amines is 1. The van der Waals surface area contributed by atoms with E-state index in [4.69, 9.17) is 4.42 Å². The van der Waals surface area contributed by atoms with Crippen LogP contribution in [0.3, 0.4) is 0 Å². The van der Waals surface area contributed by atoms with Gasteiger partial charge in [0.15, 0.2) is 0 Å². The average Bonchev–Trinajstić information content (AvgIpc) is 3.63. The summed E-state index contributed by atoms with van der Waals surface area (Å²) in [5, 5.41) is 16.5. The van der Waals surface area contributed by atoms with Crippen LogP contribution in [0.4, 0.5) is 14.5 Å². The van der Waals surface area contributed by atoms with Crippen LogP contribution in [0.15, 0.2) is 58.1 Å². The Hall–Kier alpha value is -4.27. The number of fused-ring (bicyclic) bond motifs is 1. The lowest BCUT2D eigenvalue weighted by Crippen LogP contribution is -2.48. The van der Waals surface area contributed by atoms with Gasteiger partial charge in [-0.2, -0.15) is 5.10 Å². The lowest BCUT2D eigenvalue weighted by Gasteiger charge is -2.36. The highest BCUT2D eigenvalue weighted by Gasteiger charge is 2.23. The van der Waals surface area contributed by atoms with Crippen molar-refractivity contribution in [1.29, 1.82) is 0 Å². The molecular formula is C29H30F2N8O3S. The van der Waals surface area contributed by atoms with Gasteiger partial charge in [-0.1, -0.05) is 0 Å². The van der Waals surface area contributed by atoms with E-state index in [0.29, 0.717) is 58.3 Å². The summed E-state index contributed by atoms with van der Waals surface area (Å²) >= 11 is 0. The van der Waals surface area contributed by atoms with Crippen molar-refractivity contribution in [2.75, 3.05) is 30.9 Å². The summed E-state index contributed by atoms with van der Waals surface area (Å²) in [6, 6.07) is 8.09. The molecule has 1 saturated heterocycles. The minimum atomic E-state index is -4.36. The first-order chi connectivity index (χ1) is 20.6. The Labute approximate surface area is 247 Å². The van der Waals surface area contributed by atoms with Crippen LogP contribution in [-0.2, 0) is 16.6 Å². The third-order valence-electron chi connectivity index (χ3n) is 7.60. The molecule has 0 spiro atoms. The van der Waals surface area contributed by atoms with Gasteiger partial charge in [-0.25, -0.2) is 17.2 Å². The highest BCUT2D eigenvalue weighted by Crippen LogP contribution is 2.34. The van der Waals surface area contributed by atoms with Gasteiger partial charge in [-0.15, -0.1) is 10.2 Å². The normalized spacial score (nSPS) is 15.0. The molecule has 3 aromatic heterocycles. The Bertz CT molecular complexity index is 1900. The first-order valence-corrected chi connectivity index (χ1v) is 15.3. The molecular weight excluding hydrogens is 578 g/mol. The Morgan fingerprint density at radius 2 is 1.81 bits per heavy atom. The van der Waals surface area contributed by atoms with E-state index in [1.54, 1.807) is 25.4 Å². The molecule has 0 unspecified atom stereocenters. The monoisotopic (exact) mass is 608 g/mol. The van der Waals surface area contributed by atoms with Crippen LogP contribution in [-0.4, -0.2) is 75.8 Å². The fraction of sp³-hybridized carbons (Fsp3) is 0.310. The second-order valence-electron chi connectivity index (χ2n) is 10.8. The number of hydrogen-bond acceptors (Lipinski definition) is 9. The van der Waals surface area contributed by atoms with E-state index in [-0.39, 0.29) is 5.69 Å². The van der Waals surface area contributed by atoms with Crippen molar-refractivity contribution in [3.63, 3.8) is 0 Å². The van der Waals surface area contributed by atoms with Crippen molar-refractivity contribution < 1.29 is 21.6 Å². The molecule has 0 atom stereocenters. The Morgan fingerprint density at radius 3 is 2.56 bits per heavy atom. The number of anilines is 1. The van der Waals surface area contributed by atoms with Crippen molar-refractivity contribution in [2.45, 2.75) is 38.3 Å². The number of sulfonamides is 1. The van der Waals surface area contributed by atoms with Crippen LogP contribution in [0, 0.1) is 18.6 Å². The van der Waals surface area contributed by atoms with Crippen molar-refractivity contribution in [3.8, 4) is 22.6 Å². The van der Waals surface area contributed by atoms with Crippen molar-refractivity contribution in [3.05, 3.63) is 72.0 Å². The van der Waals surface area contributed by atoms with Crippen LogP contribution in [0.25, 0.3) is 33.5 Å². The molecule has 2 aromatic carbocycles. The van der Waals surface area contributed by atoms with Gasteiger partial charge in [-0.05, 0) is 56.7 Å². The number of benzene rings is 2. The Kier molecular flexibility index (Phi) is 7.66. The Morgan fingerprint density at radius 1 is 1.02 bits per heavy atom. The number of nitrogens with one attached hydrogen (secondary N) is 2. The number of aromatic nitrogens is 5. The number of rotatable bonds is 8. The van der Waals surface area contributed by atoms with Crippen LogP contribution >= 0.6 is 0 Å². The molecule has 6 rings (SSSR count). The van der Waals surface area contributed by atoms with E-state index < -0.39 is 26.6 Å². The fourth-order valence-corrected chi connectivity index (χ4v) is 6.31. The number of piperazine rings is 1. The topological polar surface area (TPSA) is 133 Å². The van der Waals surface area contributed by atoms with Gasteiger partial charge in [0.05, 0.1) is 35.2 Å². The van der Waals surface area contributed by atoms with Crippen molar-refractivity contribution in [2.24, 2.45) is 0 Å². The smallest absolute Gasteiger partial charge is 0.264 e. The molecule has 43 heavy (non-hydrogen) atoms. The first-order valence-electron chi connectivity index (χ1n) is 13.8. The summed E-state index contributed by atoms with van der Waals surface area (Å²) in [5.74, 6) is -1.23. The highest BCUT2D eigenvalue weighted by atomic mass is 32.2.